The summed E-state index contributed by atoms with van der Waals surface area (Å²) in [6.45, 7) is 4.13. The zero-order chi connectivity index (χ0) is 13.0. The first kappa shape index (κ1) is 13.4. The number of rotatable bonds is 5. The van der Waals surface area contributed by atoms with Crippen molar-refractivity contribution in [3.05, 3.63) is 24.3 Å². The molecule has 0 unspecified atom stereocenters. The van der Waals surface area contributed by atoms with Crippen LogP contribution in [0.1, 0.15) is 26.2 Å². The second-order valence-electron chi connectivity index (χ2n) is 4.53. The van der Waals surface area contributed by atoms with Crippen molar-refractivity contribution in [1.29, 1.82) is 0 Å². The van der Waals surface area contributed by atoms with Crippen LogP contribution in [-0.4, -0.2) is 32.4 Å². The summed E-state index contributed by atoms with van der Waals surface area (Å²) in [5.41, 5.74) is 0.714. The normalized spacial score (nSPS) is 16.9. The van der Waals surface area contributed by atoms with Crippen LogP contribution in [0.2, 0.25) is 0 Å². The molecule has 1 aromatic rings. The molecule has 0 bridgehead atoms. The third-order valence-corrected chi connectivity index (χ3v) is 5.09. The lowest BCUT2D eigenvalue weighted by atomic mass is 10.3. The van der Waals surface area contributed by atoms with Gasteiger partial charge in [0.15, 0.2) is 0 Å². The molecule has 100 valence electrons. The molecule has 0 aliphatic carbocycles. The van der Waals surface area contributed by atoms with E-state index in [4.69, 9.17) is 0 Å². The van der Waals surface area contributed by atoms with Crippen LogP contribution in [0, 0.1) is 0 Å². The van der Waals surface area contributed by atoms with Crippen LogP contribution in [0.5, 0.6) is 0 Å². The quantitative estimate of drug-likeness (QED) is 0.891. The Morgan fingerprint density at radius 2 is 1.89 bits per heavy atom. The summed E-state index contributed by atoms with van der Waals surface area (Å²) in [4.78, 5) is 0.403. The molecule has 1 N–H and O–H groups in total. The van der Waals surface area contributed by atoms with Gasteiger partial charge in [0, 0.05) is 19.6 Å². The zero-order valence-corrected chi connectivity index (χ0v) is 11.5. The van der Waals surface area contributed by atoms with Crippen molar-refractivity contribution in [2.45, 2.75) is 31.1 Å². The Morgan fingerprint density at radius 1 is 1.22 bits per heavy atom. The highest BCUT2D eigenvalue weighted by atomic mass is 32.2. The Kier molecular flexibility index (Phi) is 4.24. The minimum Gasteiger partial charge on any atom is -0.384 e. The lowest BCUT2D eigenvalue weighted by Crippen LogP contribution is -2.28. The van der Waals surface area contributed by atoms with E-state index in [-0.39, 0.29) is 0 Å². The van der Waals surface area contributed by atoms with Crippen molar-refractivity contribution >= 4 is 15.7 Å². The smallest absolute Gasteiger partial charge is 0.245 e. The first-order chi connectivity index (χ1) is 8.66. The van der Waals surface area contributed by atoms with Crippen molar-refractivity contribution in [2.75, 3.05) is 25.0 Å². The van der Waals surface area contributed by atoms with E-state index in [9.17, 15) is 8.42 Å². The second kappa shape index (κ2) is 5.71. The van der Waals surface area contributed by atoms with E-state index in [0.29, 0.717) is 23.7 Å². The maximum absolute atomic E-state index is 12.5. The molecule has 1 aliphatic heterocycles. The average molecular weight is 268 g/mol. The van der Waals surface area contributed by atoms with Crippen molar-refractivity contribution in [2.24, 2.45) is 0 Å². The fourth-order valence-corrected chi connectivity index (χ4v) is 3.85. The first-order valence-corrected chi connectivity index (χ1v) is 7.93. The predicted molar refractivity (Wildman–Crippen MR) is 73.2 cm³/mol. The molecule has 18 heavy (non-hydrogen) atoms. The third-order valence-electron chi connectivity index (χ3n) is 3.14. The fourth-order valence-electron chi connectivity index (χ4n) is 2.16. The summed E-state index contributed by atoms with van der Waals surface area (Å²) >= 11 is 0. The second-order valence-corrected chi connectivity index (χ2v) is 6.44. The highest BCUT2D eigenvalue weighted by Crippen LogP contribution is 2.26. The molecule has 2 rings (SSSR count). The van der Waals surface area contributed by atoms with Gasteiger partial charge in [-0.2, -0.15) is 4.31 Å². The van der Waals surface area contributed by atoms with Crippen LogP contribution in [0.3, 0.4) is 0 Å². The van der Waals surface area contributed by atoms with Gasteiger partial charge in [0.25, 0.3) is 0 Å². The number of anilines is 1. The Morgan fingerprint density at radius 3 is 2.56 bits per heavy atom. The molecule has 1 saturated heterocycles. The van der Waals surface area contributed by atoms with Crippen molar-refractivity contribution in [3.63, 3.8) is 0 Å². The van der Waals surface area contributed by atoms with Crippen molar-refractivity contribution < 1.29 is 8.42 Å². The number of nitrogens with one attached hydrogen (secondary N) is 1. The third kappa shape index (κ3) is 2.67. The van der Waals surface area contributed by atoms with Crippen LogP contribution in [0.4, 0.5) is 5.69 Å². The highest BCUT2D eigenvalue weighted by Gasteiger charge is 2.28. The molecule has 1 aliphatic rings. The van der Waals surface area contributed by atoms with E-state index < -0.39 is 10.0 Å². The average Bonchev–Trinajstić information content (AvgIpc) is 2.91. The minimum absolute atomic E-state index is 0.403. The topological polar surface area (TPSA) is 49.4 Å². The van der Waals surface area contributed by atoms with E-state index >= 15 is 0 Å². The van der Waals surface area contributed by atoms with E-state index in [0.717, 1.165) is 25.8 Å². The Balaban J connectivity index is 2.31. The van der Waals surface area contributed by atoms with Crippen molar-refractivity contribution in [3.8, 4) is 0 Å². The van der Waals surface area contributed by atoms with Crippen molar-refractivity contribution in [1.82, 2.24) is 4.31 Å². The van der Waals surface area contributed by atoms with E-state index in [2.05, 4.69) is 12.2 Å². The van der Waals surface area contributed by atoms with Gasteiger partial charge < -0.3 is 5.32 Å². The number of hydrogen-bond acceptors (Lipinski definition) is 3. The molecule has 1 heterocycles. The molecular formula is C13H20N2O2S. The molecule has 0 saturated carbocycles. The summed E-state index contributed by atoms with van der Waals surface area (Å²) in [5, 5.41) is 3.19. The van der Waals surface area contributed by atoms with Crippen LogP contribution >= 0.6 is 0 Å². The standard InChI is InChI=1S/C13H20N2O2S/c1-2-9-14-12-7-3-4-8-13(12)18(16,17)15-10-5-6-11-15/h3-4,7-8,14H,2,5-6,9-11H2,1H3. The van der Waals surface area contributed by atoms with Gasteiger partial charge in [-0.1, -0.05) is 19.1 Å². The molecule has 0 spiro atoms. The molecule has 0 radical (unpaired) electrons. The number of hydrogen-bond donors (Lipinski definition) is 1. The molecule has 5 heteroatoms. The zero-order valence-electron chi connectivity index (χ0n) is 10.7. The lowest BCUT2D eigenvalue weighted by Gasteiger charge is -2.18. The largest absolute Gasteiger partial charge is 0.384 e. The predicted octanol–water partition coefficient (Wildman–Crippen LogP) is 2.29. The van der Waals surface area contributed by atoms with E-state index in [1.54, 1.807) is 16.4 Å². The van der Waals surface area contributed by atoms with E-state index in [1.165, 1.54) is 0 Å². The van der Waals surface area contributed by atoms with Gasteiger partial charge in [0.2, 0.25) is 10.0 Å². The Hall–Kier alpha value is -1.07. The molecule has 0 aromatic heterocycles. The summed E-state index contributed by atoms with van der Waals surface area (Å²) in [5.74, 6) is 0. The Bertz CT molecular complexity index is 493. The molecule has 4 nitrogen and oxygen atoms in total. The fraction of sp³-hybridized carbons (Fsp3) is 0.538. The maximum Gasteiger partial charge on any atom is 0.245 e. The van der Waals surface area contributed by atoms with Gasteiger partial charge in [-0.05, 0) is 31.4 Å². The summed E-state index contributed by atoms with van der Waals surface area (Å²) < 4.78 is 26.6. The number of nitrogens with zero attached hydrogens (tertiary/aromatic N) is 1. The first-order valence-electron chi connectivity index (χ1n) is 6.49. The molecule has 0 atom stereocenters. The van der Waals surface area contributed by atoms with Crippen LogP contribution < -0.4 is 5.32 Å². The maximum atomic E-state index is 12.5. The van der Waals surface area contributed by atoms with Gasteiger partial charge in [-0.15, -0.1) is 0 Å². The number of sulfonamides is 1. The molecule has 1 fully saturated rings. The SMILES string of the molecule is CCCNc1ccccc1S(=O)(=O)N1CCCC1. The summed E-state index contributed by atoms with van der Waals surface area (Å²) in [6.07, 6.45) is 2.89. The van der Waals surface area contributed by atoms with Gasteiger partial charge in [-0.25, -0.2) is 8.42 Å². The highest BCUT2D eigenvalue weighted by molar-refractivity contribution is 7.89. The van der Waals surface area contributed by atoms with Gasteiger partial charge in [0.1, 0.15) is 4.90 Å². The number of para-hydroxylation sites is 1. The van der Waals surface area contributed by atoms with Gasteiger partial charge in [-0.3, -0.25) is 0 Å². The van der Waals surface area contributed by atoms with Crippen LogP contribution in [0.15, 0.2) is 29.2 Å². The lowest BCUT2D eigenvalue weighted by molar-refractivity contribution is 0.477. The molecule has 1 aromatic carbocycles. The summed E-state index contributed by atoms with van der Waals surface area (Å²) in [7, 11) is -3.33. The van der Waals surface area contributed by atoms with Crippen LogP contribution in [0.25, 0.3) is 0 Å². The van der Waals surface area contributed by atoms with Gasteiger partial charge >= 0.3 is 0 Å². The van der Waals surface area contributed by atoms with Crippen LogP contribution in [-0.2, 0) is 10.0 Å². The minimum atomic E-state index is -3.33. The monoisotopic (exact) mass is 268 g/mol. The molecule has 0 amide bonds. The Labute approximate surface area is 109 Å². The molecular weight excluding hydrogens is 248 g/mol. The summed E-state index contributed by atoms with van der Waals surface area (Å²) in [6, 6.07) is 7.16. The number of benzene rings is 1. The van der Waals surface area contributed by atoms with Gasteiger partial charge in [0.05, 0.1) is 5.69 Å². The van der Waals surface area contributed by atoms with E-state index in [1.807, 2.05) is 12.1 Å².